The predicted molar refractivity (Wildman–Crippen MR) is 111 cm³/mol. The van der Waals surface area contributed by atoms with Gasteiger partial charge in [0, 0.05) is 24.6 Å². The number of hydrogen-bond acceptors (Lipinski definition) is 9. The van der Waals surface area contributed by atoms with E-state index in [2.05, 4.69) is 4.90 Å². The van der Waals surface area contributed by atoms with E-state index in [1.807, 2.05) is 13.1 Å². The number of methoxy groups -OCH3 is 2. The molecule has 3 heterocycles. The predicted octanol–water partition coefficient (Wildman–Crippen LogP) is 2.80. The second kappa shape index (κ2) is 7.59. The van der Waals surface area contributed by atoms with E-state index in [1.54, 1.807) is 19.2 Å². The van der Waals surface area contributed by atoms with Crippen molar-refractivity contribution in [2.45, 2.75) is 25.5 Å². The molecule has 0 aliphatic carbocycles. The zero-order chi connectivity index (χ0) is 22.6. The van der Waals surface area contributed by atoms with E-state index >= 15 is 0 Å². The van der Waals surface area contributed by atoms with Gasteiger partial charge in [0.15, 0.2) is 23.0 Å². The fraction of sp³-hybridized carbons (Fsp3) is 0.391. The third-order valence-electron chi connectivity index (χ3n) is 6.10. The van der Waals surface area contributed by atoms with Gasteiger partial charge in [-0.1, -0.05) is 6.07 Å². The van der Waals surface area contributed by atoms with Crippen molar-refractivity contribution >= 4 is 11.9 Å². The molecular weight excluding hydrogens is 418 g/mol. The molecule has 3 aliphatic rings. The number of fused-ring (bicyclic) bond motifs is 3. The first-order valence-electron chi connectivity index (χ1n) is 10.2. The van der Waals surface area contributed by atoms with Crippen LogP contribution in [0.1, 0.15) is 46.1 Å². The summed E-state index contributed by atoms with van der Waals surface area (Å²) in [5.74, 6) is 1.00. The van der Waals surface area contributed by atoms with Gasteiger partial charge in [-0.2, -0.15) is 0 Å². The smallest absolute Gasteiger partial charge is 0.343 e. The highest BCUT2D eigenvalue weighted by Gasteiger charge is 2.46. The molecule has 0 saturated carbocycles. The summed E-state index contributed by atoms with van der Waals surface area (Å²) in [4.78, 5) is 26.8. The van der Waals surface area contributed by atoms with Gasteiger partial charge in [-0.3, -0.25) is 9.69 Å². The highest BCUT2D eigenvalue weighted by atomic mass is 16.7. The summed E-state index contributed by atoms with van der Waals surface area (Å²) < 4.78 is 33.6. The van der Waals surface area contributed by atoms with Crippen LogP contribution in [-0.4, -0.2) is 51.4 Å². The summed E-state index contributed by atoms with van der Waals surface area (Å²) in [6.45, 7) is 2.15. The number of carbonyl (C=O) groups excluding carboxylic acids is 2. The molecule has 2 atom stereocenters. The number of cyclic esters (lactones) is 1. The monoisotopic (exact) mass is 441 g/mol. The highest BCUT2D eigenvalue weighted by molar-refractivity contribution is 5.99. The Balaban J connectivity index is 1.68. The maximum Gasteiger partial charge on any atom is 0.343 e. The lowest BCUT2D eigenvalue weighted by atomic mass is 9.85. The molecule has 2 unspecified atom stereocenters. The number of benzene rings is 2. The molecule has 9 nitrogen and oxygen atoms in total. The minimum absolute atomic E-state index is 0.0707. The highest BCUT2D eigenvalue weighted by Crippen LogP contribution is 2.55. The van der Waals surface area contributed by atoms with E-state index in [9.17, 15) is 9.59 Å². The third kappa shape index (κ3) is 2.96. The maximum atomic E-state index is 13.0. The van der Waals surface area contributed by atoms with Gasteiger partial charge in [0.05, 0.1) is 20.3 Å². The fourth-order valence-corrected chi connectivity index (χ4v) is 4.75. The Hall–Kier alpha value is -3.46. The molecule has 0 saturated heterocycles. The lowest BCUT2D eigenvalue weighted by Gasteiger charge is -2.38. The van der Waals surface area contributed by atoms with E-state index in [0.717, 1.165) is 24.1 Å². The van der Waals surface area contributed by atoms with Crippen molar-refractivity contribution in [2.24, 2.45) is 0 Å². The van der Waals surface area contributed by atoms with Crippen molar-refractivity contribution in [3.05, 3.63) is 40.5 Å². The van der Waals surface area contributed by atoms with Crippen molar-refractivity contribution in [1.29, 1.82) is 0 Å². The first-order valence-corrected chi connectivity index (χ1v) is 10.2. The number of esters is 2. The van der Waals surface area contributed by atoms with E-state index in [-0.39, 0.29) is 29.9 Å². The van der Waals surface area contributed by atoms with Crippen LogP contribution in [-0.2, 0) is 16.0 Å². The van der Waals surface area contributed by atoms with Crippen LogP contribution in [0.3, 0.4) is 0 Å². The molecule has 168 valence electrons. The van der Waals surface area contributed by atoms with Crippen LogP contribution in [0.25, 0.3) is 0 Å². The van der Waals surface area contributed by atoms with E-state index in [4.69, 9.17) is 28.4 Å². The first-order chi connectivity index (χ1) is 15.4. The summed E-state index contributed by atoms with van der Waals surface area (Å²) in [6.07, 6.45) is 0.139. The van der Waals surface area contributed by atoms with Crippen LogP contribution >= 0.6 is 0 Å². The fourth-order valence-electron chi connectivity index (χ4n) is 4.75. The number of nitrogens with zero attached hydrogens (tertiary/aromatic N) is 1. The molecule has 2 aromatic rings. The second-order valence-corrected chi connectivity index (χ2v) is 7.87. The molecule has 9 heteroatoms. The number of carbonyl (C=O) groups is 2. The van der Waals surface area contributed by atoms with Crippen LogP contribution in [0.5, 0.6) is 28.7 Å². The molecule has 0 N–H and O–H groups in total. The van der Waals surface area contributed by atoms with Crippen LogP contribution in [0.15, 0.2) is 18.2 Å². The van der Waals surface area contributed by atoms with Gasteiger partial charge in [0.2, 0.25) is 12.5 Å². The van der Waals surface area contributed by atoms with Crippen LogP contribution in [0, 0.1) is 0 Å². The van der Waals surface area contributed by atoms with E-state index in [1.165, 1.54) is 14.0 Å². The van der Waals surface area contributed by atoms with Gasteiger partial charge in [0.25, 0.3) is 0 Å². The Morgan fingerprint density at radius 3 is 2.69 bits per heavy atom. The largest absolute Gasteiger partial charge is 0.493 e. The molecule has 0 spiro atoms. The minimum Gasteiger partial charge on any atom is -0.493 e. The summed E-state index contributed by atoms with van der Waals surface area (Å²) in [7, 11) is 5.01. The zero-order valence-electron chi connectivity index (χ0n) is 18.2. The molecule has 32 heavy (non-hydrogen) atoms. The van der Waals surface area contributed by atoms with Crippen molar-refractivity contribution < 1.29 is 38.0 Å². The van der Waals surface area contributed by atoms with Crippen molar-refractivity contribution in [3.63, 3.8) is 0 Å². The SMILES string of the molecule is COc1ccc2c(c1OC(C)=O)C(=O)OC2C1c2c(cc3c(c2OC)OCO3)CCN1C. The summed E-state index contributed by atoms with van der Waals surface area (Å²) in [5, 5.41) is 0. The molecule has 2 aromatic carbocycles. The van der Waals surface area contributed by atoms with E-state index in [0.29, 0.717) is 22.8 Å². The topological polar surface area (TPSA) is 92.8 Å². The average molecular weight is 441 g/mol. The Labute approximate surface area is 184 Å². The lowest BCUT2D eigenvalue weighted by Crippen LogP contribution is -2.36. The summed E-state index contributed by atoms with van der Waals surface area (Å²) in [5.41, 5.74) is 2.76. The third-order valence-corrected chi connectivity index (χ3v) is 6.10. The lowest BCUT2D eigenvalue weighted by molar-refractivity contribution is -0.132. The van der Waals surface area contributed by atoms with Crippen molar-refractivity contribution in [2.75, 3.05) is 34.6 Å². The normalized spacial score (nSPS) is 20.9. The molecular formula is C23H23NO8. The van der Waals surface area contributed by atoms with Gasteiger partial charge < -0.3 is 28.4 Å². The number of likely N-dealkylation sites (N-methyl/N-ethyl adjacent to an activating group) is 1. The molecule has 5 rings (SSSR count). The average Bonchev–Trinajstić information content (AvgIpc) is 3.36. The Kier molecular flexibility index (Phi) is 4.85. The summed E-state index contributed by atoms with van der Waals surface area (Å²) in [6, 6.07) is 5.08. The van der Waals surface area contributed by atoms with Gasteiger partial charge in [0.1, 0.15) is 11.7 Å². The number of ether oxygens (including phenoxy) is 6. The molecule has 0 fully saturated rings. The number of hydrogen-bond donors (Lipinski definition) is 0. The second-order valence-electron chi connectivity index (χ2n) is 7.87. The van der Waals surface area contributed by atoms with Crippen LogP contribution in [0.2, 0.25) is 0 Å². The van der Waals surface area contributed by atoms with Crippen LogP contribution < -0.4 is 23.7 Å². The minimum atomic E-state index is -0.643. The zero-order valence-corrected chi connectivity index (χ0v) is 18.2. The van der Waals surface area contributed by atoms with Gasteiger partial charge >= 0.3 is 11.9 Å². The molecule has 0 bridgehead atoms. The van der Waals surface area contributed by atoms with E-state index < -0.39 is 18.0 Å². The van der Waals surface area contributed by atoms with Gasteiger partial charge in [-0.15, -0.1) is 0 Å². The molecule has 0 radical (unpaired) electrons. The number of rotatable bonds is 4. The molecule has 0 aromatic heterocycles. The molecule has 3 aliphatic heterocycles. The quantitative estimate of drug-likeness (QED) is 0.524. The Morgan fingerprint density at radius 2 is 1.97 bits per heavy atom. The molecule has 0 amide bonds. The Bertz CT molecular complexity index is 1130. The summed E-state index contributed by atoms with van der Waals surface area (Å²) >= 11 is 0. The van der Waals surface area contributed by atoms with Gasteiger partial charge in [-0.25, -0.2) is 4.79 Å². The van der Waals surface area contributed by atoms with Crippen LogP contribution in [0.4, 0.5) is 0 Å². The van der Waals surface area contributed by atoms with Gasteiger partial charge in [-0.05, 0) is 31.2 Å². The Morgan fingerprint density at radius 1 is 1.16 bits per heavy atom. The maximum absolute atomic E-state index is 13.0. The van der Waals surface area contributed by atoms with Crippen molar-refractivity contribution in [1.82, 2.24) is 4.90 Å². The first kappa shape index (κ1) is 20.4. The standard InChI is InChI=1S/C23H23NO8/c1-11(25)31-20-14(27-3)6-5-13-17(20)23(26)32-19(13)18-16-12(7-8-24(18)2)9-15-21(22(16)28-4)30-10-29-15/h5-6,9,18-19H,7-8,10H2,1-4H3. The van der Waals surface area contributed by atoms with Crippen molar-refractivity contribution in [3.8, 4) is 28.7 Å².